The van der Waals surface area contributed by atoms with E-state index in [0.717, 1.165) is 28.3 Å². The summed E-state index contributed by atoms with van der Waals surface area (Å²) in [4.78, 5) is 23.8. The van der Waals surface area contributed by atoms with Crippen LogP contribution in [0.1, 0.15) is 29.4 Å². The van der Waals surface area contributed by atoms with Crippen LogP contribution in [0, 0.1) is 13.8 Å². The van der Waals surface area contributed by atoms with Crippen LogP contribution >= 0.6 is 0 Å². The molecule has 28 heavy (non-hydrogen) atoms. The van der Waals surface area contributed by atoms with Crippen LogP contribution in [-0.4, -0.2) is 42.0 Å². The fourth-order valence-electron chi connectivity index (χ4n) is 2.71. The number of ether oxygens (including phenoxy) is 3. The molecule has 0 spiro atoms. The number of esters is 1. The fraction of sp³-hybridized carbons (Fsp3) is 0.450. The summed E-state index contributed by atoms with van der Waals surface area (Å²) in [5.74, 6) is 0.149. The highest BCUT2D eigenvalue weighted by Crippen LogP contribution is 2.15. The van der Waals surface area contributed by atoms with Crippen molar-refractivity contribution < 1.29 is 23.8 Å². The minimum Gasteiger partial charge on any atom is -0.497 e. The zero-order valence-corrected chi connectivity index (χ0v) is 16.9. The number of carbonyl (C=O) groups excluding carboxylic acids is 2. The number of nitrogens with zero attached hydrogens (tertiary/aromatic N) is 2. The normalized spacial score (nSPS) is 11.8. The predicted molar refractivity (Wildman–Crippen MR) is 103 cm³/mol. The van der Waals surface area contributed by atoms with Crippen LogP contribution in [0.4, 0.5) is 0 Å². The van der Waals surface area contributed by atoms with Gasteiger partial charge in [-0.25, -0.2) is 0 Å². The van der Waals surface area contributed by atoms with Crippen LogP contribution in [0.2, 0.25) is 0 Å². The molecule has 1 amide bonds. The number of amides is 1. The molecule has 152 valence electrons. The molecule has 1 aromatic heterocycles. The van der Waals surface area contributed by atoms with Crippen molar-refractivity contribution in [2.45, 2.75) is 46.6 Å². The lowest BCUT2D eigenvalue weighted by atomic mass is 10.2. The molecule has 2 rings (SSSR count). The first-order chi connectivity index (χ1) is 13.3. The van der Waals surface area contributed by atoms with Gasteiger partial charge in [0.25, 0.3) is 0 Å². The van der Waals surface area contributed by atoms with Crippen LogP contribution in [0.25, 0.3) is 0 Å². The van der Waals surface area contributed by atoms with Crippen molar-refractivity contribution in [1.29, 1.82) is 0 Å². The first-order valence-electron chi connectivity index (χ1n) is 8.97. The molecule has 0 saturated heterocycles. The van der Waals surface area contributed by atoms with Gasteiger partial charge in [0.05, 0.1) is 26.5 Å². The van der Waals surface area contributed by atoms with Crippen molar-refractivity contribution >= 4 is 11.9 Å². The monoisotopic (exact) mass is 389 g/mol. The van der Waals surface area contributed by atoms with Crippen molar-refractivity contribution in [3.63, 3.8) is 0 Å². The summed E-state index contributed by atoms with van der Waals surface area (Å²) in [6.07, 6.45) is -0.614. The van der Waals surface area contributed by atoms with E-state index < -0.39 is 6.10 Å². The molecular weight excluding hydrogens is 362 g/mol. The summed E-state index contributed by atoms with van der Waals surface area (Å²) >= 11 is 0. The van der Waals surface area contributed by atoms with E-state index in [-0.39, 0.29) is 18.4 Å². The van der Waals surface area contributed by atoms with Crippen molar-refractivity contribution in [3.05, 3.63) is 46.8 Å². The largest absolute Gasteiger partial charge is 0.497 e. The van der Waals surface area contributed by atoms with Crippen LogP contribution in [0.5, 0.6) is 5.75 Å². The molecule has 2 aromatic rings. The lowest BCUT2D eigenvalue weighted by Crippen LogP contribution is -2.34. The van der Waals surface area contributed by atoms with Gasteiger partial charge in [0.15, 0.2) is 0 Å². The number of benzene rings is 1. The second kappa shape index (κ2) is 9.89. The third-order valence-electron chi connectivity index (χ3n) is 4.48. The molecule has 0 fully saturated rings. The van der Waals surface area contributed by atoms with Gasteiger partial charge in [0.1, 0.15) is 18.4 Å². The number of carbonyl (C=O) groups is 2. The Kier molecular flexibility index (Phi) is 7.57. The Morgan fingerprint density at radius 3 is 2.68 bits per heavy atom. The lowest BCUT2D eigenvalue weighted by Gasteiger charge is -2.14. The minimum absolute atomic E-state index is 0.0389. The second-order valence-corrected chi connectivity index (χ2v) is 6.41. The third-order valence-corrected chi connectivity index (χ3v) is 4.48. The maximum absolute atomic E-state index is 12.4. The number of rotatable bonds is 9. The highest BCUT2D eigenvalue weighted by molar-refractivity contribution is 5.80. The van der Waals surface area contributed by atoms with Gasteiger partial charge in [-0.2, -0.15) is 5.10 Å². The number of hydrogen-bond donors (Lipinski definition) is 1. The minimum atomic E-state index is -0.614. The number of methoxy groups -OCH3 is 2. The Morgan fingerprint density at radius 1 is 1.25 bits per heavy atom. The van der Waals surface area contributed by atoms with E-state index >= 15 is 0 Å². The van der Waals surface area contributed by atoms with Crippen LogP contribution in [0.15, 0.2) is 24.3 Å². The van der Waals surface area contributed by atoms with Gasteiger partial charge in [0.2, 0.25) is 5.91 Å². The predicted octanol–water partition coefficient (Wildman–Crippen LogP) is 1.90. The topological polar surface area (TPSA) is 91.7 Å². The molecule has 0 unspecified atom stereocenters. The van der Waals surface area contributed by atoms with Crippen molar-refractivity contribution in [3.8, 4) is 5.75 Å². The van der Waals surface area contributed by atoms with Crippen molar-refractivity contribution in [1.82, 2.24) is 15.1 Å². The number of hydrogen-bond acceptors (Lipinski definition) is 6. The molecule has 0 saturated carbocycles. The molecule has 8 heteroatoms. The van der Waals surface area contributed by atoms with Crippen molar-refractivity contribution in [2.24, 2.45) is 0 Å². The zero-order valence-electron chi connectivity index (χ0n) is 16.9. The molecule has 1 heterocycles. The van der Waals surface area contributed by atoms with E-state index in [9.17, 15) is 9.59 Å². The quantitative estimate of drug-likeness (QED) is 0.659. The Morgan fingerprint density at radius 2 is 2.00 bits per heavy atom. The summed E-state index contributed by atoms with van der Waals surface area (Å²) in [6, 6.07) is 7.51. The molecule has 0 bridgehead atoms. The SMILES string of the molecule is COC(=O)Cn1nc(C)c(CNC(=O)[C@@H](C)OCc2cccc(OC)c2)c1C. The molecule has 0 aliphatic heterocycles. The summed E-state index contributed by atoms with van der Waals surface area (Å²) in [6.45, 7) is 6.05. The van der Waals surface area contributed by atoms with E-state index in [1.54, 1.807) is 18.7 Å². The highest BCUT2D eigenvalue weighted by atomic mass is 16.5. The first kappa shape index (κ1) is 21.4. The highest BCUT2D eigenvalue weighted by Gasteiger charge is 2.17. The molecule has 1 atom stereocenters. The number of aromatic nitrogens is 2. The van der Waals surface area contributed by atoms with Crippen molar-refractivity contribution in [2.75, 3.05) is 14.2 Å². The van der Waals surface area contributed by atoms with E-state index in [1.165, 1.54) is 7.11 Å². The van der Waals surface area contributed by atoms with Gasteiger partial charge in [-0.05, 0) is 38.5 Å². The maximum atomic E-state index is 12.4. The molecule has 0 aliphatic rings. The third kappa shape index (κ3) is 5.56. The summed E-state index contributed by atoms with van der Waals surface area (Å²) < 4.78 is 17.1. The van der Waals surface area contributed by atoms with Gasteiger partial charge >= 0.3 is 5.97 Å². The van der Waals surface area contributed by atoms with Gasteiger partial charge in [-0.3, -0.25) is 14.3 Å². The second-order valence-electron chi connectivity index (χ2n) is 6.41. The molecule has 1 N–H and O–H groups in total. The average molecular weight is 389 g/mol. The zero-order chi connectivity index (χ0) is 20.7. The fourth-order valence-corrected chi connectivity index (χ4v) is 2.71. The Bertz CT molecular complexity index is 831. The summed E-state index contributed by atoms with van der Waals surface area (Å²) in [5.41, 5.74) is 3.37. The summed E-state index contributed by atoms with van der Waals surface area (Å²) in [7, 11) is 2.94. The summed E-state index contributed by atoms with van der Waals surface area (Å²) in [5, 5.41) is 7.20. The molecule has 8 nitrogen and oxygen atoms in total. The standard InChI is InChI=1S/C20H27N3O5/c1-13-18(14(2)23(22-13)11-19(24)27-5)10-21-20(25)15(3)28-12-16-7-6-8-17(9-16)26-4/h6-9,15H,10-12H2,1-5H3,(H,21,25)/t15-/m1/s1. The van der Waals surface area contributed by atoms with E-state index in [0.29, 0.717) is 13.2 Å². The van der Waals surface area contributed by atoms with Gasteiger partial charge in [-0.1, -0.05) is 12.1 Å². The molecule has 0 aliphatic carbocycles. The van der Waals surface area contributed by atoms with E-state index in [1.807, 2.05) is 38.1 Å². The van der Waals surface area contributed by atoms with Crippen LogP contribution in [-0.2, 0) is 38.8 Å². The lowest BCUT2D eigenvalue weighted by molar-refractivity contribution is -0.141. The van der Waals surface area contributed by atoms with Gasteiger partial charge in [0, 0.05) is 17.8 Å². The van der Waals surface area contributed by atoms with E-state index in [4.69, 9.17) is 9.47 Å². The number of aryl methyl sites for hydroxylation is 1. The number of nitrogens with one attached hydrogen (secondary N) is 1. The maximum Gasteiger partial charge on any atom is 0.327 e. The van der Waals surface area contributed by atoms with Crippen LogP contribution in [0.3, 0.4) is 0 Å². The Hall–Kier alpha value is -2.87. The molecule has 1 aromatic carbocycles. The van der Waals surface area contributed by atoms with Gasteiger partial charge in [-0.15, -0.1) is 0 Å². The smallest absolute Gasteiger partial charge is 0.327 e. The first-order valence-corrected chi connectivity index (χ1v) is 8.97. The van der Waals surface area contributed by atoms with E-state index in [2.05, 4.69) is 15.2 Å². The van der Waals surface area contributed by atoms with Gasteiger partial charge < -0.3 is 19.5 Å². The average Bonchev–Trinajstić information content (AvgIpc) is 2.96. The molecular formula is C20H27N3O5. The Labute approximate surface area is 164 Å². The molecule has 0 radical (unpaired) electrons. The Balaban J connectivity index is 1.89. The van der Waals surface area contributed by atoms with Crippen LogP contribution < -0.4 is 10.1 Å².